The lowest BCUT2D eigenvalue weighted by Crippen LogP contribution is -2.42. The van der Waals surface area contributed by atoms with E-state index in [-0.39, 0.29) is 11.8 Å². The van der Waals surface area contributed by atoms with E-state index in [9.17, 15) is 14.7 Å². The van der Waals surface area contributed by atoms with Crippen LogP contribution in [-0.4, -0.2) is 27.6 Å². The maximum Gasteiger partial charge on any atom is 0.326 e. The van der Waals surface area contributed by atoms with Gasteiger partial charge in [0.25, 0.3) is 5.91 Å². The van der Waals surface area contributed by atoms with Crippen molar-refractivity contribution >= 4 is 11.9 Å². The molecule has 0 bridgehead atoms. The van der Waals surface area contributed by atoms with Crippen LogP contribution >= 0.6 is 0 Å². The van der Waals surface area contributed by atoms with Gasteiger partial charge in [-0.2, -0.15) is 0 Å². The summed E-state index contributed by atoms with van der Waals surface area (Å²) in [6, 6.07) is 3.15. The molecule has 0 spiro atoms. The molecule has 1 saturated carbocycles. The minimum atomic E-state index is -0.978. The number of hydrogen-bond acceptors (Lipinski definition) is 2. The highest BCUT2D eigenvalue weighted by atomic mass is 16.4. The second-order valence-corrected chi connectivity index (χ2v) is 5.88. The highest BCUT2D eigenvalue weighted by Gasteiger charge is 2.26. The number of carboxylic acid groups (broad SMARTS) is 1. The number of rotatable bonds is 6. The summed E-state index contributed by atoms with van der Waals surface area (Å²) in [6.07, 6.45) is 5.70. The van der Waals surface area contributed by atoms with E-state index in [0.29, 0.717) is 18.2 Å². The minimum absolute atomic E-state index is 0.217. The summed E-state index contributed by atoms with van der Waals surface area (Å²) in [6.45, 7) is 3.89. The first kappa shape index (κ1) is 14.6. The van der Waals surface area contributed by atoms with Crippen molar-refractivity contribution in [3.8, 4) is 0 Å². The SMILES string of the molecule is CC(C)C[C@@H](NC(=O)c1cccn1C1CCC1)C(=O)O. The zero-order valence-corrected chi connectivity index (χ0v) is 12.0. The third kappa shape index (κ3) is 3.21. The lowest BCUT2D eigenvalue weighted by atomic mass is 9.93. The number of aromatic nitrogens is 1. The van der Waals surface area contributed by atoms with Crippen LogP contribution in [0.5, 0.6) is 0 Å². The van der Waals surface area contributed by atoms with Gasteiger partial charge in [-0.1, -0.05) is 13.8 Å². The molecule has 1 heterocycles. The number of nitrogens with one attached hydrogen (secondary N) is 1. The molecule has 110 valence electrons. The zero-order chi connectivity index (χ0) is 14.7. The van der Waals surface area contributed by atoms with Crippen LogP contribution < -0.4 is 5.32 Å². The Morgan fingerprint density at radius 2 is 2.15 bits per heavy atom. The van der Waals surface area contributed by atoms with Gasteiger partial charge in [0.15, 0.2) is 0 Å². The molecule has 1 aromatic heterocycles. The van der Waals surface area contributed by atoms with Crippen LogP contribution in [0.1, 0.15) is 56.1 Å². The first-order chi connectivity index (χ1) is 9.49. The van der Waals surface area contributed by atoms with Crippen LogP contribution in [0.15, 0.2) is 18.3 Å². The van der Waals surface area contributed by atoms with Gasteiger partial charge in [-0.05, 0) is 43.7 Å². The first-order valence-electron chi connectivity index (χ1n) is 7.19. The van der Waals surface area contributed by atoms with Crippen LogP contribution in [0, 0.1) is 5.92 Å². The van der Waals surface area contributed by atoms with E-state index in [1.54, 1.807) is 6.07 Å². The van der Waals surface area contributed by atoms with Gasteiger partial charge in [-0.25, -0.2) is 4.79 Å². The maximum absolute atomic E-state index is 12.3. The molecule has 20 heavy (non-hydrogen) atoms. The van der Waals surface area contributed by atoms with Crippen molar-refractivity contribution in [3.05, 3.63) is 24.0 Å². The van der Waals surface area contributed by atoms with Crippen molar-refractivity contribution in [1.29, 1.82) is 0 Å². The van der Waals surface area contributed by atoms with Gasteiger partial charge in [0.05, 0.1) is 0 Å². The number of carbonyl (C=O) groups is 2. The van der Waals surface area contributed by atoms with Gasteiger partial charge in [-0.15, -0.1) is 0 Å². The zero-order valence-electron chi connectivity index (χ0n) is 12.0. The summed E-state index contributed by atoms with van der Waals surface area (Å²) < 4.78 is 1.97. The molecule has 1 aliphatic carbocycles. The van der Waals surface area contributed by atoms with Crippen molar-refractivity contribution in [2.75, 3.05) is 0 Å². The first-order valence-corrected chi connectivity index (χ1v) is 7.19. The number of amides is 1. The average Bonchev–Trinajstić information content (AvgIpc) is 2.73. The lowest BCUT2D eigenvalue weighted by molar-refractivity contribution is -0.139. The molecule has 0 unspecified atom stereocenters. The van der Waals surface area contributed by atoms with Crippen LogP contribution in [0.25, 0.3) is 0 Å². The third-order valence-electron chi connectivity index (χ3n) is 3.79. The standard InChI is InChI=1S/C15H22N2O3/c1-10(2)9-12(15(19)20)16-14(18)13-7-4-8-17(13)11-5-3-6-11/h4,7-8,10-12H,3,5-6,9H2,1-2H3,(H,16,18)(H,19,20)/t12-/m1/s1. The second kappa shape index (κ2) is 6.11. The van der Waals surface area contributed by atoms with Gasteiger partial charge < -0.3 is 15.0 Å². The maximum atomic E-state index is 12.3. The van der Waals surface area contributed by atoms with Crippen molar-refractivity contribution in [2.45, 2.75) is 51.6 Å². The summed E-state index contributed by atoms with van der Waals surface area (Å²) in [5.41, 5.74) is 0.560. The van der Waals surface area contributed by atoms with E-state index in [1.807, 2.05) is 30.7 Å². The fraction of sp³-hybridized carbons (Fsp3) is 0.600. The summed E-state index contributed by atoms with van der Waals surface area (Å²) >= 11 is 0. The molecular formula is C15H22N2O3. The Labute approximate surface area is 119 Å². The highest BCUT2D eigenvalue weighted by molar-refractivity contribution is 5.95. The van der Waals surface area contributed by atoms with E-state index in [1.165, 1.54) is 6.42 Å². The molecule has 0 aliphatic heterocycles. The highest BCUT2D eigenvalue weighted by Crippen LogP contribution is 2.32. The van der Waals surface area contributed by atoms with E-state index < -0.39 is 12.0 Å². The Kier molecular flexibility index (Phi) is 4.47. The van der Waals surface area contributed by atoms with E-state index in [0.717, 1.165) is 12.8 Å². The summed E-state index contributed by atoms with van der Waals surface area (Å²) in [7, 11) is 0. The smallest absolute Gasteiger partial charge is 0.326 e. The minimum Gasteiger partial charge on any atom is -0.480 e. The number of nitrogens with zero attached hydrogens (tertiary/aromatic N) is 1. The quantitative estimate of drug-likeness (QED) is 0.839. The molecule has 5 nitrogen and oxygen atoms in total. The molecule has 0 aromatic carbocycles. The van der Waals surface area contributed by atoms with Crippen LogP contribution in [0.3, 0.4) is 0 Å². The number of carbonyl (C=O) groups excluding carboxylic acids is 1. The van der Waals surface area contributed by atoms with Gasteiger partial charge in [-0.3, -0.25) is 4.79 Å². The number of aliphatic carboxylic acids is 1. The fourth-order valence-corrected chi connectivity index (χ4v) is 2.49. The predicted molar refractivity (Wildman–Crippen MR) is 75.7 cm³/mol. The van der Waals surface area contributed by atoms with Crippen molar-refractivity contribution in [1.82, 2.24) is 9.88 Å². The molecule has 1 aliphatic rings. The Morgan fingerprint density at radius 1 is 1.45 bits per heavy atom. The van der Waals surface area contributed by atoms with Gasteiger partial charge in [0, 0.05) is 12.2 Å². The average molecular weight is 278 g/mol. The van der Waals surface area contributed by atoms with E-state index in [4.69, 9.17) is 0 Å². The largest absolute Gasteiger partial charge is 0.480 e. The summed E-state index contributed by atoms with van der Waals surface area (Å²) in [4.78, 5) is 23.5. The molecule has 0 saturated heterocycles. The number of carboxylic acids is 1. The van der Waals surface area contributed by atoms with Crippen LogP contribution in [-0.2, 0) is 4.79 Å². The Balaban J connectivity index is 2.06. The fourth-order valence-electron chi connectivity index (χ4n) is 2.49. The molecular weight excluding hydrogens is 256 g/mol. The Morgan fingerprint density at radius 3 is 2.65 bits per heavy atom. The second-order valence-electron chi connectivity index (χ2n) is 5.88. The third-order valence-corrected chi connectivity index (χ3v) is 3.79. The van der Waals surface area contributed by atoms with Crippen LogP contribution in [0.4, 0.5) is 0 Å². The molecule has 1 aromatic rings. The molecule has 2 rings (SSSR count). The normalized spacial score (nSPS) is 16.8. The lowest BCUT2D eigenvalue weighted by Gasteiger charge is -2.29. The summed E-state index contributed by atoms with van der Waals surface area (Å²) in [5.74, 6) is -1.06. The predicted octanol–water partition coefficient (Wildman–Crippen LogP) is 2.44. The summed E-state index contributed by atoms with van der Waals surface area (Å²) in [5, 5.41) is 11.8. The molecule has 1 fully saturated rings. The monoisotopic (exact) mass is 278 g/mol. The van der Waals surface area contributed by atoms with Gasteiger partial charge in [0.2, 0.25) is 0 Å². The van der Waals surface area contributed by atoms with E-state index >= 15 is 0 Å². The van der Waals surface area contributed by atoms with Gasteiger partial charge >= 0.3 is 5.97 Å². The molecule has 2 N–H and O–H groups in total. The van der Waals surface area contributed by atoms with Crippen molar-refractivity contribution < 1.29 is 14.7 Å². The van der Waals surface area contributed by atoms with Gasteiger partial charge in [0.1, 0.15) is 11.7 Å². The molecule has 5 heteroatoms. The molecule has 1 amide bonds. The van der Waals surface area contributed by atoms with Crippen LogP contribution in [0.2, 0.25) is 0 Å². The Hall–Kier alpha value is -1.78. The topological polar surface area (TPSA) is 71.3 Å². The molecule has 1 atom stereocenters. The Bertz CT molecular complexity index is 489. The van der Waals surface area contributed by atoms with Crippen molar-refractivity contribution in [3.63, 3.8) is 0 Å². The molecule has 0 radical (unpaired) electrons. The van der Waals surface area contributed by atoms with E-state index in [2.05, 4.69) is 5.32 Å². The number of hydrogen-bond donors (Lipinski definition) is 2. The van der Waals surface area contributed by atoms with Crippen molar-refractivity contribution in [2.24, 2.45) is 5.92 Å².